The SMILES string of the molecule is CC/C=C\C/C=C\C/C=C\C/C=C\C/C=C\CCCCCC(=O)OCC(COC(=O)CCCCCC/C=C\C/C=C\C/C=C\CC)OC(=O)CCC/C=C\C/C=C\C/C=C\C/C=C\CCCCC. The van der Waals surface area contributed by atoms with Crippen molar-refractivity contribution in [2.24, 2.45) is 0 Å². The van der Waals surface area contributed by atoms with Crippen LogP contribution in [0.3, 0.4) is 0 Å². The molecule has 380 valence electrons. The van der Waals surface area contributed by atoms with Crippen molar-refractivity contribution >= 4 is 17.9 Å². The van der Waals surface area contributed by atoms with Crippen molar-refractivity contribution in [1.82, 2.24) is 0 Å². The Hall–Kier alpha value is -4.71. The molecule has 6 heteroatoms. The molecule has 0 fully saturated rings. The smallest absolute Gasteiger partial charge is 0.306 e. The molecule has 1 atom stereocenters. The third-order valence-corrected chi connectivity index (χ3v) is 10.6. The third kappa shape index (κ3) is 52.3. The molecule has 0 bridgehead atoms. The fraction of sp³-hybridized carbons (Fsp3) is 0.565. The van der Waals surface area contributed by atoms with Gasteiger partial charge in [0.15, 0.2) is 6.10 Å². The molecule has 0 aliphatic carbocycles. The standard InChI is InChI=1S/C62H96O6/c1-4-7-10-13-16-19-22-25-28-30-31-33-34-37-40-43-46-49-52-55-61(64)67-58-59(57-66-60(63)54-51-48-45-42-39-36-27-24-21-18-15-12-9-6-3)68-62(65)56-53-50-47-44-41-38-35-32-29-26-23-20-17-14-11-8-5-2/h7,9-10,12,16-21,25-29,31,33,35-38,40,44,47,59H,4-6,8,11,13-15,22-24,30,32,34,39,41-43,45-46,48-58H2,1-3H3/b10-7-,12-9-,19-16-,20-17-,21-18-,28-25-,29-26-,33-31-,36-27-,38-35-,40-37-,47-44-. The summed E-state index contributed by atoms with van der Waals surface area (Å²) < 4.78 is 16.7. The van der Waals surface area contributed by atoms with Crippen molar-refractivity contribution in [3.8, 4) is 0 Å². The van der Waals surface area contributed by atoms with Gasteiger partial charge >= 0.3 is 17.9 Å². The van der Waals surface area contributed by atoms with Gasteiger partial charge in [-0.1, -0.05) is 199 Å². The molecule has 0 aromatic heterocycles. The van der Waals surface area contributed by atoms with E-state index in [4.69, 9.17) is 14.2 Å². The molecule has 0 aliphatic heterocycles. The number of hydrogen-bond donors (Lipinski definition) is 0. The van der Waals surface area contributed by atoms with Crippen LogP contribution in [0.25, 0.3) is 0 Å². The van der Waals surface area contributed by atoms with Crippen LogP contribution in [0.2, 0.25) is 0 Å². The molecule has 0 spiro atoms. The number of ether oxygens (including phenoxy) is 3. The summed E-state index contributed by atoms with van der Waals surface area (Å²) in [4.78, 5) is 38.0. The van der Waals surface area contributed by atoms with Crippen molar-refractivity contribution in [3.63, 3.8) is 0 Å². The Bertz CT molecular complexity index is 1540. The molecule has 0 rings (SSSR count). The van der Waals surface area contributed by atoms with E-state index < -0.39 is 6.10 Å². The molecule has 1 unspecified atom stereocenters. The second-order valence-corrected chi connectivity index (χ2v) is 17.0. The van der Waals surface area contributed by atoms with Crippen LogP contribution in [0.4, 0.5) is 0 Å². The lowest BCUT2D eigenvalue weighted by atomic mass is 10.1. The van der Waals surface area contributed by atoms with Gasteiger partial charge in [0.2, 0.25) is 0 Å². The highest BCUT2D eigenvalue weighted by atomic mass is 16.6. The number of carbonyl (C=O) groups is 3. The summed E-state index contributed by atoms with van der Waals surface area (Å²) in [6.07, 6.45) is 78.3. The molecular weight excluding hydrogens is 841 g/mol. The van der Waals surface area contributed by atoms with E-state index in [-0.39, 0.29) is 37.5 Å². The predicted molar refractivity (Wildman–Crippen MR) is 292 cm³/mol. The van der Waals surface area contributed by atoms with Gasteiger partial charge < -0.3 is 14.2 Å². The average molecular weight is 937 g/mol. The van der Waals surface area contributed by atoms with Crippen LogP contribution in [0.5, 0.6) is 0 Å². The van der Waals surface area contributed by atoms with Crippen molar-refractivity contribution < 1.29 is 28.6 Å². The van der Waals surface area contributed by atoms with Gasteiger partial charge in [-0.25, -0.2) is 0 Å². The molecular formula is C62H96O6. The van der Waals surface area contributed by atoms with Crippen LogP contribution >= 0.6 is 0 Å². The second-order valence-electron chi connectivity index (χ2n) is 17.0. The molecule has 0 aliphatic rings. The van der Waals surface area contributed by atoms with Crippen LogP contribution in [0, 0.1) is 0 Å². The summed E-state index contributed by atoms with van der Waals surface area (Å²) in [6, 6.07) is 0. The molecule has 0 aromatic carbocycles. The van der Waals surface area contributed by atoms with Gasteiger partial charge in [0, 0.05) is 19.3 Å². The van der Waals surface area contributed by atoms with E-state index in [0.29, 0.717) is 19.3 Å². The van der Waals surface area contributed by atoms with Crippen LogP contribution in [0.15, 0.2) is 146 Å². The lowest BCUT2D eigenvalue weighted by Crippen LogP contribution is -2.30. The van der Waals surface area contributed by atoms with Crippen LogP contribution in [0.1, 0.15) is 207 Å². The summed E-state index contributed by atoms with van der Waals surface area (Å²) in [7, 11) is 0. The highest BCUT2D eigenvalue weighted by Crippen LogP contribution is 2.11. The number of esters is 3. The van der Waals surface area contributed by atoms with Gasteiger partial charge in [-0.05, 0) is 135 Å². The second kappa shape index (κ2) is 54.9. The number of rotatable bonds is 46. The monoisotopic (exact) mass is 937 g/mol. The molecule has 0 N–H and O–H groups in total. The highest BCUT2D eigenvalue weighted by molar-refractivity contribution is 5.71. The van der Waals surface area contributed by atoms with Crippen LogP contribution in [-0.4, -0.2) is 37.2 Å². The Morgan fingerprint density at radius 2 is 0.588 bits per heavy atom. The fourth-order valence-electron chi connectivity index (χ4n) is 6.59. The summed E-state index contributed by atoms with van der Waals surface area (Å²) in [5.74, 6) is -1.05. The minimum atomic E-state index is -0.836. The first-order valence-corrected chi connectivity index (χ1v) is 26.8. The molecule has 0 heterocycles. The topological polar surface area (TPSA) is 78.9 Å². The zero-order valence-electron chi connectivity index (χ0n) is 43.3. The maximum absolute atomic E-state index is 12.8. The Morgan fingerprint density at radius 3 is 0.941 bits per heavy atom. The van der Waals surface area contributed by atoms with E-state index in [2.05, 4.69) is 167 Å². The first-order valence-electron chi connectivity index (χ1n) is 26.8. The van der Waals surface area contributed by atoms with E-state index in [9.17, 15) is 14.4 Å². The Kier molecular flexibility index (Phi) is 51.1. The van der Waals surface area contributed by atoms with Gasteiger partial charge in [0.25, 0.3) is 0 Å². The summed E-state index contributed by atoms with van der Waals surface area (Å²) in [5.41, 5.74) is 0. The normalized spacial score (nSPS) is 13.3. The largest absolute Gasteiger partial charge is 0.462 e. The minimum absolute atomic E-state index is 0.129. The molecule has 0 saturated carbocycles. The zero-order valence-corrected chi connectivity index (χ0v) is 43.3. The van der Waals surface area contributed by atoms with Gasteiger partial charge in [-0.2, -0.15) is 0 Å². The first kappa shape index (κ1) is 63.3. The molecule has 0 saturated heterocycles. The van der Waals surface area contributed by atoms with Crippen LogP contribution < -0.4 is 0 Å². The minimum Gasteiger partial charge on any atom is -0.462 e. The molecule has 68 heavy (non-hydrogen) atoms. The predicted octanol–water partition coefficient (Wildman–Crippen LogP) is 18.0. The lowest BCUT2D eigenvalue weighted by Gasteiger charge is -2.18. The zero-order chi connectivity index (χ0) is 49.3. The van der Waals surface area contributed by atoms with E-state index in [1.807, 2.05) is 0 Å². The Morgan fingerprint density at radius 1 is 0.309 bits per heavy atom. The molecule has 0 aromatic rings. The maximum Gasteiger partial charge on any atom is 0.306 e. The molecule has 0 radical (unpaired) electrons. The van der Waals surface area contributed by atoms with E-state index >= 15 is 0 Å². The average Bonchev–Trinajstić information content (AvgIpc) is 3.34. The first-order chi connectivity index (χ1) is 33.5. The van der Waals surface area contributed by atoms with Crippen molar-refractivity contribution in [2.75, 3.05) is 13.2 Å². The van der Waals surface area contributed by atoms with Gasteiger partial charge in [-0.3, -0.25) is 14.4 Å². The quantitative estimate of drug-likeness (QED) is 0.0262. The van der Waals surface area contributed by atoms with Crippen molar-refractivity contribution in [1.29, 1.82) is 0 Å². The fourth-order valence-corrected chi connectivity index (χ4v) is 6.59. The number of hydrogen-bond acceptors (Lipinski definition) is 6. The van der Waals surface area contributed by atoms with Gasteiger partial charge in [-0.15, -0.1) is 0 Å². The number of carbonyl (C=O) groups excluding carboxylic acids is 3. The lowest BCUT2D eigenvalue weighted by molar-refractivity contribution is -0.167. The molecule has 6 nitrogen and oxygen atoms in total. The van der Waals surface area contributed by atoms with Crippen molar-refractivity contribution in [3.05, 3.63) is 146 Å². The van der Waals surface area contributed by atoms with E-state index in [1.54, 1.807) is 0 Å². The highest BCUT2D eigenvalue weighted by Gasteiger charge is 2.19. The van der Waals surface area contributed by atoms with E-state index in [1.165, 1.54) is 25.7 Å². The van der Waals surface area contributed by atoms with Gasteiger partial charge in [0.05, 0.1) is 0 Å². The van der Waals surface area contributed by atoms with Gasteiger partial charge in [0.1, 0.15) is 13.2 Å². The molecule has 0 amide bonds. The van der Waals surface area contributed by atoms with Crippen molar-refractivity contribution in [2.45, 2.75) is 213 Å². The Labute approximate surface area is 417 Å². The number of allylic oxidation sites excluding steroid dienone is 24. The summed E-state index contributed by atoms with van der Waals surface area (Å²) in [6.45, 7) is 6.27. The third-order valence-electron chi connectivity index (χ3n) is 10.6. The van der Waals surface area contributed by atoms with Crippen LogP contribution in [-0.2, 0) is 28.6 Å². The van der Waals surface area contributed by atoms with E-state index in [0.717, 1.165) is 135 Å². The summed E-state index contributed by atoms with van der Waals surface area (Å²) >= 11 is 0. The Balaban J connectivity index is 4.60. The number of unbranched alkanes of at least 4 members (excludes halogenated alkanes) is 11. The maximum atomic E-state index is 12.8. The summed E-state index contributed by atoms with van der Waals surface area (Å²) in [5, 5.41) is 0.